The number of rotatable bonds is 6. The van der Waals surface area contributed by atoms with Crippen molar-refractivity contribution in [3.05, 3.63) is 77.9 Å². The first-order valence-electron chi connectivity index (χ1n) is 11.0. The van der Waals surface area contributed by atoms with Gasteiger partial charge in [-0.3, -0.25) is 0 Å². The van der Waals surface area contributed by atoms with E-state index in [-0.39, 0.29) is 0 Å². The molecule has 0 amide bonds. The van der Waals surface area contributed by atoms with Crippen LogP contribution in [0.25, 0.3) is 17.1 Å². The standard InChI is InChI=1S/C24H25N5O3S/c1-18-13-16-29(26-18)21-9-7-20(8-10-21)24-25-23(32-27-24)17-19-5-11-22(12-6-19)33(30,31)28-14-3-2-4-15-28/h5-13,16H,2-4,14-15,17H2,1H3. The van der Waals surface area contributed by atoms with Crippen LogP contribution >= 0.6 is 0 Å². The van der Waals surface area contributed by atoms with E-state index in [0.29, 0.717) is 36.1 Å². The highest BCUT2D eigenvalue weighted by Crippen LogP contribution is 2.23. The van der Waals surface area contributed by atoms with Crippen molar-refractivity contribution < 1.29 is 12.9 Å². The summed E-state index contributed by atoms with van der Waals surface area (Å²) in [5.41, 5.74) is 3.67. The van der Waals surface area contributed by atoms with Gasteiger partial charge in [-0.2, -0.15) is 14.4 Å². The molecule has 2 aromatic carbocycles. The summed E-state index contributed by atoms with van der Waals surface area (Å²) in [6.07, 6.45) is 5.28. The van der Waals surface area contributed by atoms with Gasteiger partial charge in [-0.1, -0.05) is 23.7 Å². The Kier molecular flexibility index (Phi) is 5.82. The zero-order valence-electron chi connectivity index (χ0n) is 18.4. The lowest BCUT2D eigenvalue weighted by Crippen LogP contribution is -2.35. The van der Waals surface area contributed by atoms with Crippen molar-refractivity contribution in [1.82, 2.24) is 24.2 Å². The Morgan fingerprint density at radius 1 is 0.939 bits per heavy atom. The van der Waals surface area contributed by atoms with Crippen LogP contribution in [0.4, 0.5) is 0 Å². The molecule has 9 heteroatoms. The van der Waals surface area contributed by atoms with E-state index in [2.05, 4.69) is 15.2 Å². The molecule has 3 heterocycles. The van der Waals surface area contributed by atoms with Crippen molar-refractivity contribution in [2.45, 2.75) is 37.5 Å². The highest BCUT2D eigenvalue weighted by Gasteiger charge is 2.25. The maximum absolute atomic E-state index is 12.8. The molecule has 1 aliphatic heterocycles. The summed E-state index contributed by atoms with van der Waals surface area (Å²) >= 11 is 0. The molecule has 0 unspecified atom stereocenters. The van der Waals surface area contributed by atoms with Crippen molar-refractivity contribution in [2.24, 2.45) is 0 Å². The second kappa shape index (κ2) is 8.92. The molecule has 8 nitrogen and oxygen atoms in total. The Balaban J connectivity index is 1.27. The van der Waals surface area contributed by atoms with E-state index in [1.165, 1.54) is 0 Å². The van der Waals surface area contributed by atoms with Crippen LogP contribution in [0.3, 0.4) is 0 Å². The molecule has 0 spiro atoms. The number of aryl methyl sites for hydroxylation is 1. The third kappa shape index (κ3) is 4.60. The first-order valence-corrected chi connectivity index (χ1v) is 12.5. The average Bonchev–Trinajstić information content (AvgIpc) is 3.49. The minimum atomic E-state index is -3.43. The second-order valence-electron chi connectivity index (χ2n) is 8.25. The fourth-order valence-corrected chi connectivity index (χ4v) is 5.49. The molecule has 1 saturated heterocycles. The van der Waals surface area contributed by atoms with Gasteiger partial charge in [0, 0.05) is 24.8 Å². The molecule has 4 aromatic rings. The number of sulfonamides is 1. The lowest BCUT2D eigenvalue weighted by molar-refractivity contribution is 0.346. The maximum Gasteiger partial charge on any atom is 0.243 e. The number of aromatic nitrogens is 4. The van der Waals surface area contributed by atoms with Crippen molar-refractivity contribution in [3.8, 4) is 17.1 Å². The molecule has 0 aliphatic carbocycles. The summed E-state index contributed by atoms with van der Waals surface area (Å²) in [4.78, 5) is 4.83. The van der Waals surface area contributed by atoms with Gasteiger partial charge in [0.2, 0.25) is 21.7 Å². The van der Waals surface area contributed by atoms with Gasteiger partial charge < -0.3 is 4.52 Å². The lowest BCUT2D eigenvalue weighted by atomic mass is 10.1. The molecule has 0 N–H and O–H groups in total. The first-order chi connectivity index (χ1) is 16.0. The van der Waals surface area contributed by atoms with Gasteiger partial charge >= 0.3 is 0 Å². The van der Waals surface area contributed by atoms with Gasteiger partial charge in [-0.25, -0.2) is 13.1 Å². The molecule has 1 fully saturated rings. The lowest BCUT2D eigenvalue weighted by Gasteiger charge is -2.25. The summed E-state index contributed by atoms with van der Waals surface area (Å²) in [5, 5.41) is 8.50. The van der Waals surface area contributed by atoms with E-state index >= 15 is 0 Å². The zero-order valence-corrected chi connectivity index (χ0v) is 19.2. The minimum Gasteiger partial charge on any atom is -0.339 e. The van der Waals surface area contributed by atoms with Crippen LogP contribution < -0.4 is 0 Å². The zero-order chi connectivity index (χ0) is 22.8. The Morgan fingerprint density at radius 3 is 2.33 bits per heavy atom. The SMILES string of the molecule is Cc1ccn(-c2ccc(-c3noc(Cc4ccc(S(=O)(=O)N5CCCCC5)cc4)n3)cc2)n1. The number of hydrogen-bond acceptors (Lipinski definition) is 6. The van der Waals surface area contributed by atoms with E-state index < -0.39 is 10.0 Å². The third-order valence-electron chi connectivity index (χ3n) is 5.81. The van der Waals surface area contributed by atoms with E-state index in [1.54, 1.807) is 16.4 Å². The van der Waals surface area contributed by atoms with Crippen LogP contribution in [0.5, 0.6) is 0 Å². The van der Waals surface area contributed by atoms with E-state index in [0.717, 1.165) is 41.8 Å². The quantitative estimate of drug-likeness (QED) is 0.429. The van der Waals surface area contributed by atoms with Crippen LogP contribution in [-0.2, 0) is 16.4 Å². The summed E-state index contributed by atoms with van der Waals surface area (Å²) in [6, 6.07) is 16.7. The number of piperidine rings is 1. The normalized spacial score (nSPS) is 15.1. The molecular weight excluding hydrogens is 438 g/mol. The largest absolute Gasteiger partial charge is 0.339 e. The van der Waals surface area contributed by atoms with Crippen LogP contribution in [0, 0.1) is 6.92 Å². The fourth-order valence-electron chi connectivity index (χ4n) is 3.97. The Morgan fingerprint density at radius 2 is 1.67 bits per heavy atom. The van der Waals surface area contributed by atoms with E-state index in [9.17, 15) is 8.42 Å². The molecule has 33 heavy (non-hydrogen) atoms. The van der Waals surface area contributed by atoms with Gasteiger partial charge in [0.05, 0.1) is 22.7 Å². The first kappa shape index (κ1) is 21.5. The molecule has 0 atom stereocenters. The van der Waals surface area contributed by atoms with Gasteiger partial charge in [0.25, 0.3) is 0 Å². The Labute approximate surface area is 192 Å². The molecule has 170 valence electrons. The van der Waals surface area contributed by atoms with Crippen LogP contribution in [-0.4, -0.2) is 45.7 Å². The highest BCUT2D eigenvalue weighted by molar-refractivity contribution is 7.89. The van der Waals surface area contributed by atoms with Gasteiger partial charge in [-0.15, -0.1) is 0 Å². The maximum atomic E-state index is 12.8. The molecule has 0 saturated carbocycles. The second-order valence-corrected chi connectivity index (χ2v) is 10.2. The van der Waals surface area contributed by atoms with Crippen molar-refractivity contribution in [2.75, 3.05) is 13.1 Å². The van der Waals surface area contributed by atoms with Gasteiger partial charge in [0.15, 0.2) is 0 Å². The molecule has 0 bridgehead atoms. The molecule has 1 aliphatic rings. The topological polar surface area (TPSA) is 94.1 Å². The van der Waals surface area contributed by atoms with E-state index in [4.69, 9.17) is 4.52 Å². The molecule has 5 rings (SSSR count). The summed E-state index contributed by atoms with van der Waals surface area (Å²) in [7, 11) is -3.43. The van der Waals surface area contributed by atoms with E-state index in [1.807, 2.05) is 60.3 Å². The molecule has 2 aromatic heterocycles. The van der Waals surface area contributed by atoms with Crippen molar-refractivity contribution in [1.29, 1.82) is 0 Å². The number of hydrogen-bond donors (Lipinski definition) is 0. The van der Waals surface area contributed by atoms with Crippen molar-refractivity contribution in [3.63, 3.8) is 0 Å². The summed E-state index contributed by atoms with van der Waals surface area (Å²) < 4.78 is 34.4. The fraction of sp³-hybridized carbons (Fsp3) is 0.292. The van der Waals surface area contributed by atoms with Gasteiger partial charge in [-0.05, 0) is 67.8 Å². The van der Waals surface area contributed by atoms with Crippen LogP contribution in [0.2, 0.25) is 0 Å². The van der Waals surface area contributed by atoms with Crippen molar-refractivity contribution >= 4 is 10.0 Å². The molecule has 0 radical (unpaired) electrons. The predicted molar refractivity (Wildman–Crippen MR) is 123 cm³/mol. The minimum absolute atomic E-state index is 0.326. The van der Waals surface area contributed by atoms with Crippen LogP contribution in [0.15, 0.2) is 70.2 Å². The number of nitrogens with zero attached hydrogens (tertiary/aromatic N) is 5. The predicted octanol–water partition coefficient (Wildman–Crippen LogP) is 4.00. The smallest absolute Gasteiger partial charge is 0.243 e. The summed E-state index contributed by atoms with van der Waals surface area (Å²) in [6.45, 7) is 3.14. The van der Waals surface area contributed by atoms with Crippen LogP contribution in [0.1, 0.15) is 36.4 Å². The third-order valence-corrected chi connectivity index (χ3v) is 7.72. The highest BCUT2D eigenvalue weighted by atomic mass is 32.2. The van der Waals surface area contributed by atoms with Gasteiger partial charge in [0.1, 0.15) is 0 Å². The monoisotopic (exact) mass is 463 g/mol. The Hall–Kier alpha value is -3.30. The number of benzene rings is 2. The Bertz CT molecular complexity index is 1340. The molecular formula is C24H25N5O3S. The average molecular weight is 464 g/mol. The summed E-state index contributed by atoms with van der Waals surface area (Å²) in [5.74, 6) is 0.987.